The van der Waals surface area contributed by atoms with Gasteiger partial charge in [-0.25, -0.2) is 9.97 Å². The largest absolute Gasteiger partial charge is 0.448 e. The molecule has 4 aromatic rings. The number of rotatable bonds is 6. The predicted molar refractivity (Wildman–Crippen MR) is 125 cm³/mol. The summed E-state index contributed by atoms with van der Waals surface area (Å²) in [6.45, 7) is 4.23. The number of aromatic nitrogens is 3. The average molecular weight is 451 g/mol. The number of imidazole rings is 1. The monoisotopic (exact) mass is 450 g/mol. The minimum Gasteiger partial charge on any atom is -0.448 e. The van der Waals surface area contributed by atoms with Crippen molar-refractivity contribution in [3.63, 3.8) is 0 Å². The van der Waals surface area contributed by atoms with E-state index in [-0.39, 0.29) is 11.6 Å². The molecule has 32 heavy (non-hydrogen) atoms. The summed E-state index contributed by atoms with van der Waals surface area (Å²) in [6, 6.07) is 11.8. The Balaban J connectivity index is 1.31. The number of halogens is 1. The first-order chi connectivity index (χ1) is 15.6. The number of hydrogen-bond acceptors (Lipinski definition) is 6. The highest BCUT2D eigenvalue weighted by molar-refractivity contribution is 6.33. The van der Waals surface area contributed by atoms with Gasteiger partial charge in [0.05, 0.1) is 21.7 Å². The van der Waals surface area contributed by atoms with Gasteiger partial charge in [-0.3, -0.25) is 4.79 Å². The molecule has 1 aliphatic rings. The standard InChI is InChI=1S/C23H23ClN6O2/c1-14-21(26-13-32-14)22(31)25-12-15-4-6-17(24)19(10-15)28-23-27-18-7-5-16(11-20(18)29-23)30-8-2-3-9-30/h4-7,10-11,13H,2-3,8-9,12H2,1H3,(H,25,31)(H2,27,28,29). The first-order valence-electron chi connectivity index (χ1n) is 10.6. The van der Waals surface area contributed by atoms with E-state index in [9.17, 15) is 4.79 Å². The molecule has 0 radical (unpaired) electrons. The van der Waals surface area contributed by atoms with Crippen molar-refractivity contribution in [2.45, 2.75) is 26.3 Å². The highest BCUT2D eigenvalue weighted by Crippen LogP contribution is 2.29. The van der Waals surface area contributed by atoms with Gasteiger partial charge >= 0.3 is 0 Å². The number of aromatic amines is 1. The minimum atomic E-state index is -0.285. The third kappa shape index (κ3) is 4.13. The molecule has 9 heteroatoms. The molecule has 0 saturated carbocycles. The topological polar surface area (TPSA) is 99.1 Å². The Morgan fingerprint density at radius 3 is 2.84 bits per heavy atom. The number of carbonyl (C=O) groups excluding carboxylic acids is 1. The van der Waals surface area contributed by atoms with Crippen LogP contribution in [0.2, 0.25) is 5.02 Å². The van der Waals surface area contributed by atoms with E-state index in [0.717, 1.165) is 29.7 Å². The lowest BCUT2D eigenvalue weighted by Gasteiger charge is -2.17. The van der Waals surface area contributed by atoms with Crippen LogP contribution in [-0.4, -0.2) is 33.9 Å². The zero-order valence-electron chi connectivity index (χ0n) is 17.6. The molecule has 1 saturated heterocycles. The van der Waals surface area contributed by atoms with Crippen LogP contribution in [0.4, 0.5) is 17.3 Å². The fourth-order valence-electron chi connectivity index (χ4n) is 3.92. The minimum absolute atomic E-state index is 0.285. The lowest BCUT2D eigenvalue weighted by molar-refractivity contribution is 0.0945. The number of oxazole rings is 1. The van der Waals surface area contributed by atoms with Crippen molar-refractivity contribution in [3.05, 3.63) is 64.8 Å². The molecular formula is C23H23ClN6O2. The number of nitrogens with one attached hydrogen (secondary N) is 3. The van der Waals surface area contributed by atoms with Crippen LogP contribution >= 0.6 is 11.6 Å². The van der Waals surface area contributed by atoms with E-state index in [0.29, 0.717) is 29.0 Å². The second-order valence-electron chi connectivity index (χ2n) is 7.86. The maximum atomic E-state index is 12.3. The van der Waals surface area contributed by atoms with E-state index in [1.807, 2.05) is 18.2 Å². The Labute approximate surface area is 190 Å². The van der Waals surface area contributed by atoms with E-state index in [4.69, 9.17) is 16.0 Å². The molecule has 164 valence electrons. The Hall–Kier alpha value is -3.52. The second-order valence-corrected chi connectivity index (χ2v) is 8.27. The second kappa shape index (κ2) is 8.55. The van der Waals surface area contributed by atoms with Crippen LogP contribution in [0.5, 0.6) is 0 Å². The normalized spacial score (nSPS) is 13.6. The summed E-state index contributed by atoms with van der Waals surface area (Å²) in [6.07, 6.45) is 3.73. The van der Waals surface area contributed by atoms with Crippen molar-refractivity contribution in [1.82, 2.24) is 20.3 Å². The number of carbonyl (C=O) groups is 1. The van der Waals surface area contributed by atoms with Gasteiger partial charge in [0.15, 0.2) is 12.1 Å². The van der Waals surface area contributed by atoms with E-state index in [1.165, 1.54) is 24.9 Å². The number of benzene rings is 2. The summed E-state index contributed by atoms with van der Waals surface area (Å²) >= 11 is 6.40. The van der Waals surface area contributed by atoms with Gasteiger partial charge in [0, 0.05) is 25.3 Å². The van der Waals surface area contributed by atoms with Gasteiger partial charge in [0.2, 0.25) is 5.95 Å². The number of aryl methyl sites for hydroxylation is 1. The number of fused-ring (bicyclic) bond motifs is 1. The molecule has 5 rings (SSSR count). The van der Waals surface area contributed by atoms with Crippen LogP contribution in [-0.2, 0) is 6.54 Å². The molecule has 1 fully saturated rings. The van der Waals surface area contributed by atoms with E-state index in [1.54, 1.807) is 13.0 Å². The van der Waals surface area contributed by atoms with Crippen molar-refractivity contribution in [1.29, 1.82) is 0 Å². The van der Waals surface area contributed by atoms with Gasteiger partial charge in [-0.05, 0) is 55.7 Å². The Morgan fingerprint density at radius 2 is 2.06 bits per heavy atom. The van der Waals surface area contributed by atoms with Crippen molar-refractivity contribution in [2.24, 2.45) is 0 Å². The molecule has 0 unspecified atom stereocenters. The lowest BCUT2D eigenvalue weighted by Crippen LogP contribution is -2.23. The number of H-pyrrole nitrogens is 1. The molecule has 2 aromatic heterocycles. The Kier molecular flexibility index (Phi) is 5.45. The molecule has 0 aliphatic carbocycles. The summed E-state index contributed by atoms with van der Waals surface area (Å²) < 4.78 is 5.09. The zero-order chi connectivity index (χ0) is 22.1. The SMILES string of the molecule is Cc1ocnc1C(=O)NCc1ccc(Cl)c(Nc2nc3ccc(N4CCCC4)cc3[nH]2)c1. The van der Waals surface area contributed by atoms with E-state index >= 15 is 0 Å². The lowest BCUT2D eigenvalue weighted by atomic mass is 10.2. The Morgan fingerprint density at radius 1 is 1.22 bits per heavy atom. The maximum absolute atomic E-state index is 12.3. The van der Waals surface area contributed by atoms with Crippen molar-refractivity contribution >= 4 is 45.9 Å². The molecule has 1 aliphatic heterocycles. The fourth-order valence-corrected chi connectivity index (χ4v) is 4.09. The van der Waals surface area contributed by atoms with Crippen LogP contribution in [0.3, 0.4) is 0 Å². The van der Waals surface area contributed by atoms with Crippen LogP contribution in [0.15, 0.2) is 47.2 Å². The van der Waals surface area contributed by atoms with Gasteiger partial charge in [0.1, 0.15) is 5.76 Å². The summed E-state index contributed by atoms with van der Waals surface area (Å²) in [7, 11) is 0. The average Bonchev–Trinajstić information content (AvgIpc) is 3.54. The predicted octanol–water partition coefficient (Wildman–Crippen LogP) is 4.79. The summed E-state index contributed by atoms with van der Waals surface area (Å²) in [5, 5.41) is 6.67. The molecular weight excluding hydrogens is 428 g/mol. The summed E-state index contributed by atoms with van der Waals surface area (Å²) in [4.78, 5) is 26.6. The number of anilines is 3. The molecule has 0 atom stereocenters. The number of amides is 1. The molecule has 3 heterocycles. The third-order valence-corrected chi connectivity index (χ3v) is 5.96. The Bertz CT molecular complexity index is 1270. The van der Waals surface area contributed by atoms with Crippen molar-refractivity contribution in [3.8, 4) is 0 Å². The van der Waals surface area contributed by atoms with Gasteiger partial charge in [0.25, 0.3) is 5.91 Å². The molecule has 1 amide bonds. The fraction of sp³-hybridized carbons (Fsp3) is 0.261. The van der Waals surface area contributed by atoms with Crippen LogP contribution in [0, 0.1) is 6.92 Å². The molecule has 0 spiro atoms. The third-order valence-electron chi connectivity index (χ3n) is 5.63. The van der Waals surface area contributed by atoms with Crippen molar-refractivity contribution in [2.75, 3.05) is 23.3 Å². The van der Waals surface area contributed by atoms with E-state index < -0.39 is 0 Å². The van der Waals surface area contributed by atoms with Crippen LogP contribution < -0.4 is 15.5 Å². The highest BCUT2D eigenvalue weighted by Gasteiger charge is 2.15. The van der Waals surface area contributed by atoms with E-state index in [2.05, 4.69) is 42.6 Å². The number of hydrogen-bond donors (Lipinski definition) is 3. The summed E-state index contributed by atoms with van der Waals surface area (Å²) in [5.74, 6) is 0.811. The van der Waals surface area contributed by atoms with Gasteiger partial charge in [-0.1, -0.05) is 17.7 Å². The van der Waals surface area contributed by atoms with Gasteiger partial charge in [-0.2, -0.15) is 0 Å². The first-order valence-corrected chi connectivity index (χ1v) is 10.9. The smallest absolute Gasteiger partial charge is 0.273 e. The molecule has 8 nitrogen and oxygen atoms in total. The van der Waals surface area contributed by atoms with Crippen LogP contribution in [0.25, 0.3) is 11.0 Å². The molecule has 3 N–H and O–H groups in total. The zero-order valence-corrected chi connectivity index (χ0v) is 18.4. The van der Waals surface area contributed by atoms with Crippen molar-refractivity contribution < 1.29 is 9.21 Å². The summed E-state index contributed by atoms with van der Waals surface area (Å²) in [5.41, 5.74) is 4.95. The molecule has 0 bridgehead atoms. The maximum Gasteiger partial charge on any atom is 0.273 e. The quantitative estimate of drug-likeness (QED) is 0.390. The highest BCUT2D eigenvalue weighted by atomic mass is 35.5. The van der Waals surface area contributed by atoms with Gasteiger partial charge < -0.3 is 24.9 Å². The van der Waals surface area contributed by atoms with Gasteiger partial charge in [-0.15, -0.1) is 0 Å². The molecule has 2 aromatic carbocycles. The first kappa shape index (κ1) is 20.4. The van der Waals surface area contributed by atoms with Crippen LogP contribution in [0.1, 0.15) is 34.7 Å². The number of nitrogens with zero attached hydrogens (tertiary/aromatic N) is 3.